The molecule has 0 aromatic heterocycles. The topological polar surface area (TPSA) is 58.6 Å². The summed E-state index contributed by atoms with van der Waals surface area (Å²) < 4.78 is 5.40. The highest BCUT2D eigenvalue weighted by atomic mass is 16.5. The van der Waals surface area contributed by atoms with Gasteiger partial charge < -0.3 is 15.2 Å². The largest absolute Gasteiger partial charge is 0.449 e. The maximum Gasteiger partial charge on any atom is 0.407 e. The fourth-order valence-electron chi connectivity index (χ4n) is 3.02. The maximum atomic E-state index is 11.8. The Balaban J connectivity index is 1.62. The molecule has 4 nitrogen and oxygen atoms in total. The van der Waals surface area contributed by atoms with Crippen LogP contribution in [0.15, 0.2) is 48.5 Å². The van der Waals surface area contributed by atoms with E-state index < -0.39 is 6.09 Å². The fourth-order valence-corrected chi connectivity index (χ4v) is 3.02. The number of fused-ring (bicyclic) bond motifs is 3. The summed E-state index contributed by atoms with van der Waals surface area (Å²) in [5.41, 5.74) is 4.81. The van der Waals surface area contributed by atoms with E-state index in [4.69, 9.17) is 9.84 Å². The molecule has 0 heterocycles. The summed E-state index contributed by atoms with van der Waals surface area (Å²) in [6, 6.07) is 16.5. The highest BCUT2D eigenvalue weighted by molar-refractivity contribution is 5.79. The molecule has 4 heteroatoms. The van der Waals surface area contributed by atoms with E-state index in [-0.39, 0.29) is 12.5 Å². The number of ether oxygens (including phenoxy) is 1. The van der Waals surface area contributed by atoms with Gasteiger partial charge in [-0.15, -0.1) is 0 Å². The third-order valence-corrected chi connectivity index (χ3v) is 4.07. The van der Waals surface area contributed by atoms with Crippen molar-refractivity contribution in [3.63, 3.8) is 0 Å². The van der Waals surface area contributed by atoms with Crippen molar-refractivity contribution in [3.05, 3.63) is 59.7 Å². The van der Waals surface area contributed by atoms with Crippen LogP contribution in [0.1, 0.15) is 23.5 Å². The highest BCUT2D eigenvalue weighted by Gasteiger charge is 2.28. The van der Waals surface area contributed by atoms with Crippen molar-refractivity contribution in [1.82, 2.24) is 5.32 Å². The van der Waals surface area contributed by atoms with Gasteiger partial charge in [0.05, 0.1) is 0 Å². The summed E-state index contributed by atoms with van der Waals surface area (Å²) in [5.74, 6) is 5.34. The first-order valence-electron chi connectivity index (χ1n) is 7.96. The van der Waals surface area contributed by atoms with Crippen LogP contribution in [0.2, 0.25) is 0 Å². The van der Waals surface area contributed by atoms with Crippen molar-refractivity contribution in [3.8, 4) is 23.0 Å². The van der Waals surface area contributed by atoms with Crippen molar-refractivity contribution < 1.29 is 14.6 Å². The Morgan fingerprint density at radius 2 is 1.67 bits per heavy atom. The molecule has 3 rings (SSSR count). The van der Waals surface area contributed by atoms with Gasteiger partial charge in [0.2, 0.25) is 0 Å². The zero-order valence-electron chi connectivity index (χ0n) is 13.3. The Kier molecular flexibility index (Phi) is 5.15. The summed E-state index contributed by atoms with van der Waals surface area (Å²) in [7, 11) is 0. The van der Waals surface area contributed by atoms with Gasteiger partial charge >= 0.3 is 6.09 Å². The van der Waals surface area contributed by atoms with Gasteiger partial charge in [0.15, 0.2) is 0 Å². The van der Waals surface area contributed by atoms with Gasteiger partial charge in [-0.25, -0.2) is 4.79 Å². The minimum atomic E-state index is -0.442. The predicted octanol–water partition coefficient (Wildman–Crippen LogP) is 2.91. The predicted molar refractivity (Wildman–Crippen MR) is 92.6 cm³/mol. The van der Waals surface area contributed by atoms with Gasteiger partial charge in [0, 0.05) is 18.9 Å². The van der Waals surface area contributed by atoms with Gasteiger partial charge in [-0.05, 0) is 22.3 Å². The van der Waals surface area contributed by atoms with Crippen molar-refractivity contribution in [2.75, 3.05) is 19.8 Å². The SMILES string of the molecule is O=C(NCCC#CCO)OCC1c2ccccc2-c2ccccc21. The van der Waals surface area contributed by atoms with Crippen molar-refractivity contribution in [1.29, 1.82) is 0 Å². The van der Waals surface area contributed by atoms with Crippen LogP contribution < -0.4 is 5.32 Å². The molecule has 1 aliphatic rings. The molecule has 1 aliphatic carbocycles. The molecule has 2 aromatic carbocycles. The van der Waals surface area contributed by atoms with Crippen LogP contribution in [-0.2, 0) is 4.74 Å². The zero-order chi connectivity index (χ0) is 16.8. The number of carbonyl (C=O) groups excluding carboxylic acids is 1. The van der Waals surface area contributed by atoms with Crippen LogP contribution in [0.5, 0.6) is 0 Å². The third kappa shape index (κ3) is 3.42. The molecule has 2 aromatic rings. The molecule has 0 saturated heterocycles. The Hall–Kier alpha value is -2.77. The van der Waals surface area contributed by atoms with E-state index in [2.05, 4.69) is 41.4 Å². The lowest BCUT2D eigenvalue weighted by Crippen LogP contribution is -2.26. The van der Waals surface area contributed by atoms with Crippen LogP contribution in [0.25, 0.3) is 11.1 Å². The van der Waals surface area contributed by atoms with Crippen LogP contribution in [0.3, 0.4) is 0 Å². The van der Waals surface area contributed by atoms with Gasteiger partial charge in [0.25, 0.3) is 0 Å². The Morgan fingerprint density at radius 1 is 1.04 bits per heavy atom. The van der Waals surface area contributed by atoms with E-state index in [0.717, 1.165) is 0 Å². The van der Waals surface area contributed by atoms with E-state index in [1.165, 1.54) is 22.3 Å². The number of carbonyl (C=O) groups is 1. The summed E-state index contributed by atoms with van der Waals surface area (Å²) in [6.07, 6.45) is 0.0488. The fraction of sp³-hybridized carbons (Fsp3) is 0.250. The van der Waals surface area contributed by atoms with E-state index in [9.17, 15) is 4.79 Å². The number of alkyl carbamates (subject to hydrolysis) is 1. The standard InChI is InChI=1S/C20H19NO3/c22-13-7-1-6-12-21-20(23)24-14-19-17-10-4-2-8-15(17)16-9-3-5-11-18(16)19/h2-5,8-11,19,22H,6,12-14H2,(H,21,23). The molecule has 2 N–H and O–H groups in total. The monoisotopic (exact) mass is 321 g/mol. The van der Waals surface area contributed by atoms with Gasteiger partial charge in [0.1, 0.15) is 13.2 Å². The molecular formula is C20H19NO3. The second kappa shape index (κ2) is 7.67. The van der Waals surface area contributed by atoms with Crippen LogP contribution in [-0.4, -0.2) is 31.0 Å². The Labute approximate surface area is 141 Å². The number of hydrogen-bond donors (Lipinski definition) is 2. The first-order valence-corrected chi connectivity index (χ1v) is 7.96. The van der Waals surface area contributed by atoms with E-state index in [1.807, 2.05) is 24.3 Å². The van der Waals surface area contributed by atoms with Crippen molar-refractivity contribution in [2.45, 2.75) is 12.3 Å². The first kappa shape index (κ1) is 16.1. The van der Waals surface area contributed by atoms with Gasteiger partial charge in [-0.1, -0.05) is 60.4 Å². The summed E-state index contributed by atoms with van der Waals surface area (Å²) >= 11 is 0. The van der Waals surface area contributed by atoms with E-state index in [1.54, 1.807) is 0 Å². The number of rotatable bonds is 4. The number of aliphatic hydroxyl groups excluding tert-OH is 1. The van der Waals surface area contributed by atoms with Gasteiger partial charge in [-0.3, -0.25) is 0 Å². The lowest BCUT2D eigenvalue weighted by molar-refractivity contribution is 0.143. The molecule has 0 bridgehead atoms. The molecule has 24 heavy (non-hydrogen) atoms. The Bertz CT molecular complexity index is 743. The summed E-state index contributed by atoms with van der Waals surface area (Å²) in [6.45, 7) is 0.552. The molecule has 0 unspecified atom stereocenters. The molecule has 0 spiro atoms. The third-order valence-electron chi connectivity index (χ3n) is 4.07. The molecule has 0 atom stereocenters. The smallest absolute Gasteiger partial charge is 0.407 e. The molecule has 0 saturated carbocycles. The quantitative estimate of drug-likeness (QED) is 0.672. The van der Waals surface area contributed by atoms with Crippen molar-refractivity contribution >= 4 is 6.09 Å². The molecule has 0 radical (unpaired) electrons. The summed E-state index contributed by atoms with van der Waals surface area (Å²) in [5, 5.41) is 11.2. The van der Waals surface area contributed by atoms with Crippen molar-refractivity contribution in [2.24, 2.45) is 0 Å². The number of aliphatic hydroxyl groups is 1. The lowest BCUT2D eigenvalue weighted by atomic mass is 9.98. The minimum Gasteiger partial charge on any atom is -0.449 e. The second-order valence-corrected chi connectivity index (χ2v) is 5.51. The number of benzene rings is 2. The highest BCUT2D eigenvalue weighted by Crippen LogP contribution is 2.44. The molecule has 122 valence electrons. The lowest BCUT2D eigenvalue weighted by Gasteiger charge is -2.14. The zero-order valence-corrected chi connectivity index (χ0v) is 13.3. The van der Waals surface area contributed by atoms with Gasteiger partial charge in [-0.2, -0.15) is 0 Å². The van der Waals surface area contributed by atoms with Crippen LogP contribution in [0, 0.1) is 11.8 Å². The minimum absolute atomic E-state index is 0.0670. The number of hydrogen-bond acceptors (Lipinski definition) is 3. The number of amides is 1. The maximum absolute atomic E-state index is 11.8. The number of nitrogens with one attached hydrogen (secondary N) is 1. The first-order chi connectivity index (χ1) is 11.8. The average molecular weight is 321 g/mol. The molecule has 0 fully saturated rings. The average Bonchev–Trinajstić information content (AvgIpc) is 2.94. The summed E-state index contributed by atoms with van der Waals surface area (Å²) in [4.78, 5) is 11.8. The molecule has 0 aliphatic heterocycles. The van der Waals surface area contributed by atoms with Crippen LogP contribution >= 0.6 is 0 Å². The van der Waals surface area contributed by atoms with E-state index >= 15 is 0 Å². The second-order valence-electron chi connectivity index (χ2n) is 5.51. The van der Waals surface area contributed by atoms with E-state index in [0.29, 0.717) is 19.6 Å². The Morgan fingerprint density at radius 3 is 2.29 bits per heavy atom. The molecule has 1 amide bonds. The normalized spacial score (nSPS) is 11.9. The molecular weight excluding hydrogens is 302 g/mol. The van der Waals surface area contributed by atoms with Crippen LogP contribution in [0.4, 0.5) is 4.79 Å².